The predicted octanol–water partition coefficient (Wildman–Crippen LogP) is 5.32. The van der Waals surface area contributed by atoms with Crippen LogP contribution in [-0.2, 0) is 6.54 Å². The zero-order chi connectivity index (χ0) is 19.9. The van der Waals surface area contributed by atoms with Gasteiger partial charge in [0, 0.05) is 22.8 Å². The Hall–Kier alpha value is -1.70. The molecule has 0 atom stereocenters. The van der Waals surface area contributed by atoms with E-state index in [2.05, 4.69) is 28.8 Å². The second kappa shape index (κ2) is 10.2. The van der Waals surface area contributed by atoms with Gasteiger partial charge in [0.1, 0.15) is 5.75 Å². The largest absolute Gasteiger partial charge is 0.494 e. The van der Waals surface area contributed by atoms with Gasteiger partial charge in [-0.2, -0.15) is 16.8 Å². The van der Waals surface area contributed by atoms with Gasteiger partial charge in [0.05, 0.1) is 16.8 Å². The molecule has 3 rings (SSSR count). The van der Waals surface area contributed by atoms with Gasteiger partial charge in [0.2, 0.25) is 0 Å². The summed E-state index contributed by atoms with van der Waals surface area (Å²) in [4.78, 5) is 19.1. The number of aromatic nitrogens is 1. The summed E-state index contributed by atoms with van der Waals surface area (Å²) < 4.78 is 8.84. The predicted molar refractivity (Wildman–Crippen MR) is 122 cm³/mol. The van der Waals surface area contributed by atoms with Crippen molar-refractivity contribution < 1.29 is 9.53 Å². The zero-order valence-electron chi connectivity index (χ0n) is 16.3. The van der Waals surface area contributed by atoms with Crippen LogP contribution >= 0.6 is 34.9 Å². The van der Waals surface area contributed by atoms with Crippen molar-refractivity contribution in [2.45, 2.75) is 25.3 Å². The minimum Gasteiger partial charge on any atom is -0.494 e. The number of aryl methyl sites for hydroxylation is 1. The number of hydrogen-bond acceptors (Lipinski definition) is 5. The Morgan fingerprint density at radius 2 is 2.07 bits per heavy atom. The zero-order valence-corrected chi connectivity index (χ0v) is 18.8. The lowest BCUT2D eigenvalue weighted by Crippen LogP contribution is -2.18. The molecule has 0 aliphatic carbocycles. The Labute approximate surface area is 178 Å². The van der Waals surface area contributed by atoms with Gasteiger partial charge < -0.3 is 9.30 Å². The van der Waals surface area contributed by atoms with E-state index in [-0.39, 0.29) is 5.91 Å². The lowest BCUT2D eigenvalue weighted by atomic mass is 10.2. The van der Waals surface area contributed by atoms with Gasteiger partial charge in [-0.15, -0.1) is 11.8 Å². The van der Waals surface area contributed by atoms with E-state index in [0.717, 1.165) is 43.7 Å². The van der Waals surface area contributed by atoms with Gasteiger partial charge in [0.25, 0.3) is 5.91 Å². The normalized spacial score (nSPS) is 11.9. The van der Waals surface area contributed by atoms with Crippen LogP contribution in [0.5, 0.6) is 5.75 Å². The number of carbonyl (C=O) groups is 1. The van der Waals surface area contributed by atoms with E-state index in [0.29, 0.717) is 12.2 Å². The van der Waals surface area contributed by atoms with Crippen molar-refractivity contribution in [2.75, 3.05) is 24.4 Å². The number of ether oxygens (including phenoxy) is 1. The summed E-state index contributed by atoms with van der Waals surface area (Å²) in [7, 11) is 0. The highest BCUT2D eigenvalue weighted by molar-refractivity contribution is 7.99. The summed E-state index contributed by atoms with van der Waals surface area (Å²) in [5.41, 5.74) is 1.71. The quantitative estimate of drug-likeness (QED) is 0.452. The van der Waals surface area contributed by atoms with E-state index in [1.807, 2.05) is 43.3 Å². The van der Waals surface area contributed by atoms with E-state index in [4.69, 9.17) is 4.74 Å². The van der Waals surface area contributed by atoms with Crippen molar-refractivity contribution in [3.05, 3.63) is 52.8 Å². The van der Waals surface area contributed by atoms with Crippen LogP contribution in [-0.4, -0.2) is 34.8 Å². The smallest absolute Gasteiger partial charge is 0.279 e. The third-order valence-corrected chi connectivity index (χ3v) is 6.58. The summed E-state index contributed by atoms with van der Waals surface area (Å²) >= 11 is 5.04. The number of nitrogens with zero attached hydrogens (tertiary/aromatic N) is 2. The van der Waals surface area contributed by atoms with Crippen molar-refractivity contribution in [1.82, 2.24) is 4.57 Å². The van der Waals surface area contributed by atoms with Crippen molar-refractivity contribution in [2.24, 2.45) is 4.99 Å². The monoisotopic (exact) mass is 432 g/mol. The van der Waals surface area contributed by atoms with Crippen molar-refractivity contribution >= 4 is 51.0 Å². The van der Waals surface area contributed by atoms with Gasteiger partial charge in [-0.25, -0.2) is 0 Å². The summed E-state index contributed by atoms with van der Waals surface area (Å²) in [5, 5.41) is 0. The average Bonchev–Trinajstić information content (AvgIpc) is 3.03. The van der Waals surface area contributed by atoms with E-state index in [9.17, 15) is 4.79 Å². The molecule has 1 heterocycles. The van der Waals surface area contributed by atoms with Crippen LogP contribution in [0.3, 0.4) is 0 Å². The van der Waals surface area contributed by atoms with Crippen LogP contribution in [0.4, 0.5) is 0 Å². The highest BCUT2D eigenvalue weighted by Crippen LogP contribution is 2.24. The van der Waals surface area contributed by atoms with E-state index >= 15 is 0 Å². The van der Waals surface area contributed by atoms with E-state index < -0.39 is 0 Å². The second-order valence-electron chi connectivity index (χ2n) is 5.97. The Balaban J connectivity index is 2.04. The molecule has 148 valence electrons. The van der Waals surface area contributed by atoms with Crippen molar-refractivity contribution in [1.29, 1.82) is 0 Å². The summed E-state index contributed by atoms with van der Waals surface area (Å²) in [5.74, 6) is 2.58. The molecule has 1 aromatic heterocycles. The molecule has 1 amide bonds. The topological polar surface area (TPSA) is 43.6 Å². The number of fused-ring (bicyclic) bond motifs is 1. The van der Waals surface area contributed by atoms with Crippen molar-refractivity contribution in [3.63, 3.8) is 0 Å². The minimum absolute atomic E-state index is 0.201. The van der Waals surface area contributed by atoms with E-state index in [1.54, 1.807) is 23.5 Å². The molecule has 0 saturated carbocycles. The minimum atomic E-state index is -0.201. The highest BCUT2D eigenvalue weighted by atomic mass is 32.2. The molecule has 0 aliphatic heterocycles. The first-order valence-electron chi connectivity index (χ1n) is 9.23. The standard InChI is InChI=1S/C21H24N2O2S3/c1-4-25-16-9-10-18-19(14-16)28-21(23(18)11-12-26-3)22-20(24)15-7-6-8-17(13-15)27-5-2/h6-10,13-14H,4-5,11-12H2,1-3H3. The molecule has 7 heteroatoms. The van der Waals surface area contributed by atoms with Crippen LogP contribution in [0.2, 0.25) is 0 Å². The SMILES string of the molecule is CCOc1ccc2c(c1)sc(=NC(=O)c1cccc(SCC)c1)n2CCSC. The Morgan fingerprint density at radius 3 is 2.82 bits per heavy atom. The molecule has 0 fully saturated rings. The van der Waals surface area contributed by atoms with Gasteiger partial charge in [-0.3, -0.25) is 4.79 Å². The Bertz CT molecular complexity index is 1020. The molecule has 0 radical (unpaired) electrons. The Morgan fingerprint density at radius 1 is 1.21 bits per heavy atom. The fourth-order valence-electron chi connectivity index (χ4n) is 2.83. The average molecular weight is 433 g/mol. The molecule has 28 heavy (non-hydrogen) atoms. The molecule has 3 aromatic rings. The summed E-state index contributed by atoms with van der Waals surface area (Å²) in [6, 6.07) is 13.8. The van der Waals surface area contributed by atoms with Crippen molar-refractivity contribution in [3.8, 4) is 5.75 Å². The number of thioether (sulfide) groups is 2. The van der Waals surface area contributed by atoms with Crippen LogP contribution in [0.25, 0.3) is 10.2 Å². The maximum Gasteiger partial charge on any atom is 0.279 e. The van der Waals surface area contributed by atoms with Gasteiger partial charge in [-0.1, -0.05) is 24.3 Å². The third kappa shape index (κ3) is 5.01. The fourth-order valence-corrected chi connectivity index (χ4v) is 5.00. The van der Waals surface area contributed by atoms with Crippen LogP contribution < -0.4 is 9.54 Å². The molecule has 0 N–H and O–H groups in total. The molecule has 0 unspecified atom stereocenters. The molecular weight excluding hydrogens is 408 g/mol. The number of hydrogen-bond donors (Lipinski definition) is 0. The number of benzene rings is 2. The molecule has 4 nitrogen and oxygen atoms in total. The van der Waals surface area contributed by atoms with Gasteiger partial charge >= 0.3 is 0 Å². The summed E-state index contributed by atoms with van der Waals surface area (Å²) in [6.45, 7) is 5.52. The molecule has 2 aromatic carbocycles. The molecule has 0 aliphatic rings. The van der Waals surface area contributed by atoms with E-state index in [1.165, 1.54) is 11.3 Å². The molecular formula is C21H24N2O2S3. The lowest BCUT2D eigenvalue weighted by molar-refractivity contribution is 0.0997. The first-order valence-corrected chi connectivity index (χ1v) is 12.4. The van der Waals surface area contributed by atoms with Crippen LogP contribution in [0, 0.1) is 0 Å². The number of amides is 1. The molecule has 0 bridgehead atoms. The van der Waals surface area contributed by atoms with Crippen LogP contribution in [0.1, 0.15) is 24.2 Å². The molecule has 0 saturated heterocycles. The first-order chi connectivity index (χ1) is 13.7. The third-order valence-electron chi connectivity index (χ3n) is 4.07. The first kappa shape index (κ1) is 21.0. The molecule has 0 spiro atoms. The number of carbonyl (C=O) groups excluding carboxylic acids is 1. The summed E-state index contributed by atoms with van der Waals surface area (Å²) in [6.07, 6.45) is 2.08. The van der Waals surface area contributed by atoms with Gasteiger partial charge in [-0.05, 0) is 55.3 Å². The number of thiazole rings is 1. The van der Waals surface area contributed by atoms with Crippen LogP contribution in [0.15, 0.2) is 52.4 Å². The maximum atomic E-state index is 12.8. The number of rotatable bonds is 8. The highest BCUT2D eigenvalue weighted by Gasteiger charge is 2.11. The second-order valence-corrected chi connectivity index (χ2v) is 9.30. The fraction of sp³-hybridized carbons (Fsp3) is 0.333. The maximum absolute atomic E-state index is 12.8. The lowest BCUT2D eigenvalue weighted by Gasteiger charge is -2.05. The Kier molecular flexibility index (Phi) is 7.65. The van der Waals surface area contributed by atoms with Gasteiger partial charge in [0.15, 0.2) is 4.80 Å².